The summed E-state index contributed by atoms with van der Waals surface area (Å²) in [6.45, 7) is 0. The maximum Gasteiger partial charge on any atom is 0.0468 e. The molecule has 2 aliphatic carbocycles. The topological polar surface area (TPSA) is 6.48 Å². The first-order chi connectivity index (χ1) is 33.2. The van der Waals surface area contributed by atoms with E-state index in [9.17, 15) is 0 Å². The summed E-state index contributed by atoms with van der Waals surface area (Å²) >= 11 is 0. The number of anilines is 6. The van der Waals surface area contributed by atoms with E-state index in [1.165, 1.54) is 90.0 Å². The Bertz CT molecular complexity index is 3590. The van der Waals surface area contributed by atoms with Crippen LogP contribution in [0.5, 0.6) is 0 Å². The van der Waals surface area contributed by atoms with E-state index < -0.39 is 0 Å². The molecule has 0 bridgehead atoms. The van der Waals surface area contributed by atoms with Crippen LogP contribution in [0.3, 0.4) is 0 Å². The highest BCUT2D eigenvalue weighted by atomic mass is 15.1. The summed E-state index contributed by atoms with van der Waals surface area (Å²) in [4.78, 5) is 4.70. The van der Waals surface area contributed by atoms with Gasteiger partial charge in [0.15, 0.2) is 0 Å². The zero-order valence-corrected chi connectivity index (χ0v) is 37.1. The molecule has 0 aliphatic heterocycles. The molecule has 0 amide bonds. The Hall–Kier alpha value is -8.46. The smallest absolute Gasteiger partial charge is 0.0468 e. The number of hydrogen-bond donors (Lipinski definition) is 0. The van der Waals surface area contributed by atoms with Crippen LogP contribution in [0.4, 0.5) is 34.1 Å². The van der Waals surface area contributed by atoms with E-state index in [0.717, 1.165) is 34.1 Å². The second-order valence-electron chi connectivity index (χ2n) is 18.1. The van der Waals surface area contributed by atoms with Gasteiger partial charge in [0.1, 0.15) is 0 Å². The minimum absolute atomic E-state index is 0.0341. The molecule has 0 unspecified atom stereocenters. The van der Waals surface area contributed by atoms with Gasteiger partial charge >= 0.3 is 0 Å². The molecule has 2 aliphatic rings. The van der Waals surface area contributed by atoms with E-state index >= 15 is 0 Å². The van der Waals surface area contributed by atoms with Crippen LogP contribution < -0.4 is 9.80 Å². The quantitative estimate of drug-likeness (QED) is 0.143. The fourth-order valence-electron chi connectivity index (χ4n) is 10.8. The van der Waals surface area contributed by atoms with Crippen LogP contribution in [0.15, 0.2) is 255 Å². The summed E-state index contributed by atoms with van der Waals surface area (Å²) in [6, 6.07) is 93.5. The molecule has 1 saturated carbocycles. The lowest BCUT2D eigenvalue weighted by atomic mass is 9.73. The predicted molar refractivity (Wildman–Crippen MR) is 283 cm³/mol. The molecule has 0 aromatic heterocycles. The molecular formula is C65H46N2. The summed E-state index contributed by atoms with van der Waals surface area (Å²) in [5.41, 5.74) is 19.9. The molecule has 2 nitrogen and oxygen atoms in total. The van der Waals surface area contributed by atoms with Gasteiger partial charge in [0.2, 0.25) is 0 Å². The summed E-state index contributed by atoms with van der Waals surface area (Å²) < 4.78 is 0. The minimum atomic E-state index is 0.0341. The number of fused-ring (bicyclic) bond motifs is 5. The number of rotatable bonds is 9. The van der Waals surface area contributed by atoms with Gasteiger partial charge in [-0.2, -0.15) is 0 Å². The highest BCUT2D eigenvalue weighted by molar-refractivity contribution is 6.10. The molecule has 316 valence electrons. The third-order valence-corrected chi connectivity index (χ3v) is 14.3. The van der Waals surface area contributed by atoms with E-state index in [0.29, 0.717) is 0 Å². The Morgan fingerprint density at radius 1 is 0.269 bits per heavy atom. The highest BCUT2D eigenvalue weighted by Crippen LogP contribution is 2.62. The molecule has 1 fully saturated rings. The van der Waals surface area contributed by atoms with Crippen molar-refractivity contribution in [2.45, 2.75) is 18.3 Å². The van der Waals surface area contributed by atoms with E-state index in [2.05, 4.69) is 265 Å². The molecule has 11 aromatic carbocycles. The van der Waals surface area contributed by atoms with Crippen molar-refractivity contribution in [1.29, 1.82) is 0 Å². The fraction of sp³-hybridized carbons (Fsp3) is 0.0462. The van der Waals surface area contributed by atoms with Crippen molar-refractivity contribution >= 4 is 55.7 Å². The van der Waals surface area contributed by atoms with Crippen molar-refractivity contribution in [3.05, 3.63) is 266 Å². The summed E-state index contributed by atoms with van der Waals surface area (Å²) in [5, 5.41) is 5.21. The predicted octanol–water partition coefficient (Wildman–Crippen LogP) is 18.0. The van der Waals surface area contributed by atoms with Crippen LogP contribution in [-0.2, 0) is 5.41 Å². The van der Waals surface area contributed by atoms with Crippen molar-refractivity contribution < 1.29 is 0 Å². The maximum absolute atomic E-state index is 2.50. The van der Waals surface area contributed by atoms with Crippen LogP contribution in [0.2, 0.25) is 0 Å². The first-order valence-electron chi connectivity index (χ1n) is 23.5. The average Bonchev–Trinajstić information content (AvgIpc) is 4.21. The number of para-hydroxylation sites is 2. The Balaban J connectivity index is 0.831. The average molecular weight is 855 g/mol. The third-order valence-electron chi connectivity index (χ3n) is 14.3. The summed E-state index contributed by atoms with van der Waals surface area (Å²) in [5.74, 6) is 0. The number of benzene rings is 11. The molecule has 11 aromatic rings. The van der Waals surface area contributed by atoms with Gasteiger partial charge in [0.25, 0.3) is 0 Å². The molecular weight excluding hydrogens is 809 g/mol. The molecule has 1 spiro atoms. The van der Waals surface area contributed by atoms with E-state index in [1.54, 1.807) is 0 Å². The highest BCUT2D eigenvalue weighted by Gasteiger charge is 2.50. The Morgan fingerprint density at radius 2 is 0.746 bits per heavy atom. The van der Waals surface area contributed by atoms with Gasteiger partial charge in [-0.3, -0.25) is 0 Å². The Kier molecular flexibility index (Phi) is 9.25. The second kappa shape index (κ2) is 15.9. The molecule has 0 N–H and O–H groups in total. The van der Waals surface area contributed by atoms with Gasteiger partial charge in [-0.15, -0.1) is 0 Å². The van der Waals surface area contributed by atoms with Crippen LogP contribution >= 0.6 is 0 Å². The first kappa shape index (κ1) is 39.0. The van der Waals surface area contributed by atoms with Gasteiger partial charge in [-0.25, -0.2) is 0 Å². The lowest BCUT2D eigenvalue weighted by molar-refractivity contribution is 0.854. The maximum atomic E-state index is 2.50. The van der Waals surface area contributed by atoms with Crippen molar-refractivity contribution in [2.24, 2.45) is 0 Å². The lowest BCUT2D eigenvalue weighted by Gasteiger charge is -2.30. The van der Waals surface area contributed by atoms with Gasteiger partial charge in [-0.1, -0.05) is 176 Å². The van der Waals surface area contributed by atoms with Crippen LogP contribution in [0, 0.1) is 0 Å². The van der Waals surface area contributed by atoms with Crippen molar-refractivity contribution in [3.63, 3.8) is 0 Å². The molecule has 0 heterocycles. The molecule has 0 saturated heterocycles. The third kappa shape index (κ3) is 6.72. The summed E-state index contributed by atoms with van der Waals surface area (Å²) in [7, 11) is 0. The molecule has 67 heavy (non-hydrogen) atoms. The molecule has 2 heteroatoms. The van der Waals surface area contributed by atoms with Crippen LogP contribution in [0.1, 0.15) is 24.0 Å². The van der Waals surface area contributed by atoms with E-state index in [4.69, 9.17) is 0 Å². The van der Waals surface area contributed by atoms with Crippen LogP contribution in [-0.4, -0.2) is 0 Å². The molecule has 0 atom stereocenters. The zero-order chi connectivity index (χ0) is 44.3. The molecule has 0 radical (unpaired) electrons. The van der Waals surface area contributed by atoms with Gasteiger partial charge in [-0.05, 0) is 169 Å². The van der Waals surface area contributed by atoms with Gasteiger partial charge in [0, 0.05) is 39.5 Å². The lowest BCUT2D eigenvalue weighted by Crippen LogP contribution is -2.16. The normalized spacial score (nSPS) is 13.1. The SMILES string of the molecule is c1ccc(-c2ccc(N(c3ccccc3)c3ccc(-c4ccc5c(c4)C4(CC4)c4ccc(-c6ccc(N(c7ccccc7)c7ccc8ccccc8c7)cc6)c6cccc-5c46)cc3)cc2)cc1. The minimum Gasteiger partial charge on any atom is -0.311 e. The van der Waals surface area contributed by atoms with Crippen molar-refractivity contribution in [1.82, 2.24) is 0 Å². The zero-order valence-electron chi connectivity index (χ0n) is 37.1. The fourth-order valence-corrected chi connectivity index (χ4v) is 10.8. The van der Waals surface area contributed by atoms with Gasteiger partial charge in [0.05, 0.1) is 0 Å². The Labute approximate surface area is 392 Å². The van der Waals surface area contributed by atoms with Crippen molar-refractivity contribution in [3.8, 4) is 44.5 Å². The largest absolute Gasteiger partial charge is 0.311 e. The Morgan fingerprint density at radius 3 is 1.37 bits per heavy atom. The van der Waals surface area contributed by atoms with Crippen molar-refractivity contribution in [2.75, 3.05) is 9.80 Å². The van der Waals surface area contributed by atoms with E-state index in [1.807, 2.05) is 0 Å². The first-order valence-corrected chi connectivity index (χ1v) is 23.5. The molecule has 13 rings (SSSR count). The van der Waals surface area contributed by atoms with E-state index in [-0.39, 0.29) is 5.41 Å². The van der Waals surface area contributed by atoms with Crippen LogP contribution in [0.25, 0.3) is 66.1 Å². The number of nitrogens with zero attached hydrogens (tertiary/aromatic N) is 2. The van der Waals surface area contributed by atoms with Gasteiger partial charge < -0.3 is 9.80 Å². The standard InChI is InChI=1S/C65H46N2/c1-4-13-45(14-5-1)47-23-31-54(32-24-47)66(52-17-6-2-7-18-52)55-33-25-48(26-34-55)51-30-38-59-61-22-12-21-60-58(39-40-62(64(60)61)65(41-42-65)63(59)44-51)49-28-35-56(36-29-49)67(53-19-8-3-9-20-53)57-37-27-46-15-10-11-16-50(46)43-57/h1-40,43-44H,41-42H2. The number of hydrogen-bond acceptors (Lipinski definition) is 2. The summed E-state index contributed by atoms with van der Waals surface area (Å²) in [6.07, 6.45) is 2.33. The second-order valence-corrected chi connectivity index (χ2v) is 18.1. The monoisotopic (exact) mass is 854 g/mol.